The number of para-hydroxylation sites is 1. The van der Waals surface area contributed by atoms with Crippen LogP contribution in [-0.2, 0) is 6.54 Å². The molecule has 0 saturated heterocycles. The van der Waals surface area contributed by atoms with Crippen molar-refractivity contribution in [3.8, 4) is 6.07 Å². The van der Waals surface area contributed by atoms with Crippen LogP contribution in [0.1, 0.15) is 32.7 Å². The number of nitrogens with zero attached hydrogens (tertiary/aromatic N) is 3. The predicted molar refractivity (Wildman–Crippen MR) is 118 cm³/mol. The van der Waals surface area contributed by atoms with Gasteiger partial charge in [0.25, 0.3) is 5.91 Å². The lowest BCUT2D eigenvalue weighted by Gasteiger charge is -2.09. The van der Waals surface area contributed by atoms with Crippen LogP contribution < -0.4 is 5.43 Å². The average molecular weight is 410 g/mol. The van der Waals surface area contributed by atoms with Crippen molar-refractivity contribution >= 4 is 23.0 Å². The topological polar surface area (TPSA) is 70.2 Å². The van der Waals surface area contributed by atoms with Gasteiger partial charge in [0.1, 0.15) is 5.82 Å². The number of nitrogens with one attached hydrogen (secondary N) is 1. The molecular weight excluding hydrogens is 391 g/mol. The summed E-state index contributed by atoms with van der Waals surface area (Å²) in [7, 11) is 0. The molecule has 0 bridgehead atoms. The van der Waals surface area contributed by atoms with Gasteiger partial charge in [0, 0.05) is 34.3 Å². The molecule has 0 unspecified atom stereocenters. The summed E-state index contributed by atoms with van der Waals surface area (Å²) in [6.07, 6.45) is 1.63. The molecule has 152 valence electrons. The fraction of sp³-hybridized carbons (Fsp3) is 0.0800. The second kappa shape index (κ2) is 8.64. The number of rotatable bonds is 5. The van der Waals surface area contributed by atoms with Crippen molar-refractivity contribution < 1.29 is 9.18 Å². The first-order chi connectivity index (χ1) is 15.1. The van der Waals surface area contributed by atoms with Gasteiger partial charge < -0.3 is 4.57 Å². The number of hydrazone groups is 1. The van der Waals surface area contributed by atoms with E-state index in [9.17, 15) is 9.18 Å². The first-order valence-electron chi connectivity index (χ1n) is 9.72. The van der Waals surface area contributed by atoms with Gasteiger partial charge in [0.05, 0.1) is 17.8 Å². The highest BCUT2D eigenvalue weighted by Crippen LogP contribution is 2.25. The van der Waals surface area contributed by atoms with Gasteiger partial charge in [-0.3, -0.25) is 4.79 Å². The minimum Gasteiger partial charge on any atom is -0.340 e. The van der Waals surface area contributed by atoms with Crippen molar-refractivity contribution in [2.24, 2.45) is 5.10 Å². The van der Waals surface area contributed by atoms with E-state index < -0.39 is 11.7 Å². The van der Waals surface area contributed by atoms with E-state index in [2.05, 4.69) is 21.2 Å². The third-order valence-electron chi connectivity index (χ3n) is 5.14. The SMILES string of the molecule is Cc1c(/C=N\NC(=O)c2ccc(F)cc2)c2ccccc2n1Cc1cccc(C#N)c1. The molecular formula is C25H19FN4O. The molecule has 0 fully saturated rings. The Morgan fingerprint density at radius 1 is 1.13 bits per heavy atom. The number of benzene rings is 3. The van der Waals surface area contributed by atoms with Gasteiger partial charge in [0.15, 0.2) is 0 Å². The zero-order chi connectivity index (χ0) is 21.8. The van der Waals surface area contributed by atoms with Gasteiger partial charge >= 0.3 is 0 Å². The van der Waals surface area contributed by atoms with Crippen LogP contribution in [-0.4, -0.2) is 16.7 Å². The second-order valence-electron chi connectivity index (χ2n) is 7.12. The molecule has 6 heteroatoms. The highest BCUT2D eigenvalue weighted by Gasteiger charge is 2.13. The number of hydrogen-bond donors (Lipinski definition) is 1. The summed E-state index contributed by atoms with van der Waals surface area (Å²) in [6.45, 7) is 2.61. The van der Waals surface area contributed by atoms with Crippen LogP contribution in [0.5, 0.6) is 0 Å². The first kappa shape index (κ1) is 20.0. The molecule has 0 aliphatic heterocycles. The lowest BCUT2D eigenvalue weighted by Crippen LogP contribution is -2.17. The number of carbonyl (C=O) groups excluding carboxylic acids is 1. The van der Waals surface area contributed by atoms with E-state index in [0.717, 1.165) is 27.7 Å². The van der Waals surface area contributed by atoms with Crippen LogP contribution >= 0.6 is 0 Å². The van der Waals surface area contributed by atoms with Crippen LogP contribution in [0.2, 0.25) is 0 Å². The molecule has 1 aromatic heterocycles. The van der Waals surface area contributed by atoms with Crippen molar-refractivity contribution in [3.05, 3.63) is 107 Å². The summed E-state index contributed by atoms with van der Waals surface area (Å²) in [6, 6.07) is 23.0. The molecule has 4 rings (SSSR count). The van der Waals surface area contributed by atoms with Crippen molar-refractivity contribution in [2.75, 3.05) is 0 Å². The molecule has 0 saturated carbocycles. The van der Waals surface area contributed by atoms with Gasteiger partial charge in [-0.05, 0) is 55.0 Å². The number of nitriles is 1. The van der Waals surface area contributed by atoms with Crippen LogP contribution in [0.3, 0.4) is 0 Å². The molecule has 0 spiro atoms. The van der Waals surface area contributed by atoms with E-state index in [1.807, 2.05) is 49.4 Å². The number of hydrogen-bond acceptors (Lipinski definition) is 3. The smallest absolute Gasteiger partial charge is 0.271 e. The number of amides is 1. The predicted octanol–water partition coefficient (Wildman–Crippen LogP) is 4.77. The van der Waals surface area contributed by atoms with Gasteiger partial charge in [-0.2, -0.15) is 10.4 Å². The maximum absolute atomic E-state index is 13.0. The van der Waals surface area contributed by atoms with Gasteiger partial charge in [-0.1, -0.05) is 30.3 Å². The van der Waals surface area contributed by atoms with E-state index in [4.69, 9.17) is 5.26 Å². The Balaban J connectivity index is 1.63. The maximum atomic E-state index is 13.0. The van der Waals surface area contributed by atoms with Crippen molar-refractivity contribution in [3.63, 3.8) is 0 Å². The number of halogens is 1. The highest BCUT2D eigenvalue weighted by molar-refractivity contribution is 6.02. The van der Waals surface area contributed by atoms with Gasteiger partial charge in [-0.25, -0.2) is 9.82 Å². The molecule has 0 aliphatic carbocycles. The average Bonchev–Trinajstić information content (AvgIpc) is 3.05. The molecule has 1 amide bonds. The van der Waals surface area contributed by atoms with Crippen molar-refractivity contribution in [1.82, 2.24) is 9.99 Å². The first-order valence-corrected chi connectivity index (χ1v) is 9.72. The van der Waals surface area contributed by atoms with E-state index in [-0.39, 0.29) is 0 Å². The van der Waals surface area contributed by atoms with E-state index in [1.165, 1.54) is 24.3 Å². The van der Waals surface area contributed by atoms with Crippen LogP contribution in [0.15, 0.2) is 77.9 Å². The Morgan fingerprint density at radius 2 is 1.90 bits per heavy atom. The third-order valence-corrected chi connectivity index (χ3v) is 5.14. The number of carbonyl (C=O) groups is 1. The standard InChI is InChI=1S/C25H19FN4O/c1-17-23(15-28-29-25(31)20-9-11-21(26)12-10-20)22-7-2-3-8-24(22)30(17)16-19-6-4-5-18(13-19)14-27/h2-13,15H,16H2,1H3,(H,29,31)/b28-15-. The minimum absolute atomic E-state index is 0.329. The molecule has 4 aromatic rings. The molecule has 3 aromatic carbocycles. The summed E-state index contributed by atoms with van der Waals surface area (Å²) in [5, 5.41) is 14.3. The monoisotopic (exact) mass is 410 g/mol. The Labute approximate surface area is 179 Å². The summed E-state index contributed by atoms with van der Waals surface area (Å²) >= 11 is 0. The molecule has 0 radical (unpaired) electrons. The van der Waals surface area contributed by atoms with E-state index in [0.29, 0.717) is 17.7 Å². The Bertz CT molecular complexity index is 1330. The third kappa shape index (κ3) is 4.21. The van der Waals surface area contributed by atoms with Crippen LogP contribution in [0.4, 0.5) is 4.39 Å². The lowest BCUT2D eigenvalue weighted by atomic mass is 10.1. The lowest BCUT2D eigenvalue weighted by molar-refractivity contribution is 0.0955. The zero-order valence-electron chi connectivity index (χ0n) is 16.8. The normalized spacial score (nSPS) is 11.0. The summed E-state index contributed by atoms with van der Waals surface area (Å²) in [4.78, 5) is 12.2. The minimum atomic E-state index is -0.411. The molecule has 31 heavy (non-hydrogen) atoms. The molecule has 1 heterocycles. The summed E-state index contributed by atoms with van der Waals surface area (Å²) < 4.78 is 15.2. The van der Waals surface area contributed by atoms with Crippen molar-refractivity contribution in [1.29, 1.82) is 5.26 Å². The van der Waals surface area contributed by atoms with E-state index >= 15 is 0 Å². The largest absolute Gasteiger partial charge is 0.340 e. The molecule has 0 atom stereocenters. The molecule has 5 nitrogen and oxygen atoms in total. The fourth-order valence-corrected chi connectivity index (χ4v) is 3.57. The number of fused-ring (bicyclic) bond motifs is 1. The van der Waals surface area contributed by atoms with Crippen LogP contribution in [0, 0.1) is 24.1 Å². The Morgan fingerprint density at radius 3 is 2.68 bits per heavy atom. The fourth-order valence-electron chi connectivity index (χ4n) is 3.57. The van der Waals surface area contributed by atoms with Crippen LogP contribution in [0.25, 0.3) is 10.9 Å². The summed E-state index contributed by atoms with van der Waals surface area (Å²) in [5.74, 6) is -0.810. The van der Waals surface area contributed by atoms with Crippen molar-refractivity contribution in [2.45, 2.75) is 13.5 Å². The Kier molecular flexibility index (Phi) is 5.59. The van der Waals surface area contributed by atoms with Gasteiger partial charge in [-0.15, -0.1) is 0 Å². The molecule has 0 aliphatic rings. The maximum Gasteiger partial charge on any atom is 0.271 e. The quantitative estimate of drug-likeness (QED) is 0.380. The van der Waals surface area contributed by atoms with Gasteiger partial charge in [0.2, 0.25) is 0 Å². The summed E-state index contributed by atoms with van der Waals surface area (Å²) in [5.41, 5.74) is 7.39. The number of aromatic nitrogens is 1. The highest BCUT2D eigenvalue weighted by atomic mass is 19.1. The van der Waals surface area contributed by atoms with E-state index in [1.54, 1.807) is 12.3 Å². The Hall–Kier alpha value is -4.24. The zero-order valence-corrected chi connectivity index (χ0v) is 16.8. The second-order valence-corrected chi connectivity index (χ2v) is 7.12. The molecule has 1 N–H and O–H groups in total.